The number of benzene rings is 1. The van der Waals surface area contributed by atoms with Gasteiger partial charge < -0.3 is 10.1 Å². The summed E-state index contributed by atoms with van der Waals surface area (Å²) in [6.07, 6.45) is 0.966. The van der Waals surface area contributed by atoms with E-state index in [0.29, 0.717) is 12.6 Å². The first-order valence-electron chi connectivity index (χ1n) is 9.03. The van der Waals surface area contributed by atoms with Crippen LogP contribution in [0.3, 0.4) is 0 Å². The molecule has 1 aromatic carbocycles. The highest BCUT2D eigenvalue weighted by atomic mass is 16.5. The van der Waals surface area contributed by atoms with Gasteiger partial charge in [0.1, 0.15) is 0 Å². The van der Waals surface area contributed by atoms with Gasteiger partial charge in [-0.2, -0.15) is 0 Å². The predicted octanol–water partition coefficient (Wildman–Crippen LogP) is 1.74. The summed E-state index contributed by atoms with van der Waals surface area (Å²) >= 11 is 0. The standard InChI is InChI=1S/C19H31N3O2/c1-3-9-20-19(23)16-22(15-18-7-5-4-6-8-18)17(2)14-21-10-12-24-13-11-21/h4-8,17H,3,9-16H2,1-2H3,(H,20,23)/t17-/m1/s1. The van der Waals surface area contributed by atoms with Gasteiger partial charge >= 0.3 is 0 Å². The quantitative estimate of drug-likeness (QED) is 0.748. The van der Waals surface area contributed by atoms with E-state index < -0.39 is 0 Å². The first-order chi connectivity index (χ1) is 11.7. The minimum absolute atomic E-state index is 0.113. The molecule has 0 bridgehead atoms. The Kier molecular flexibility index (Phi) is 8.22. The second kappa shape index (κ2) is 10.4. The van der Waals surface area contributed by atoms with Gasteiger partial charge in [-0.3, -0.25) is 14.6 Å². The molecule has 1 saturated heterocycles. The molecule has 0 unspecified atom stereocenters. The number of ether oxygens (including phenoxy) is 1. The molecule has 0 aliphatic carbocycles. The van der Waals surface area contributed by atoms with Crippen molar-refractivity contribution in [2.24, 2.45) is 0 Å². The molecule has 1 amide bonds. The third-order valence-electron chi connectivity index (χ3n) is 4.40. The van der Waals surface area contributed by atoms with Crippen LogP contribution < -0.4 is 5.32 Å². The fourth-order valence-corrected chi connectivity index (χ4v) is 2.96. The molecule has 134 valence electrons. The van der Waals surface area contributed by atoms with Crippen LogP contribution in [0.25, 0.3) is 0 Å². The molecule has 0 radical (unpaired) electrons. The molecule has 1 heterocycles. The van der Waals surface area contributed by atoms with Crippen LogP contribution in [0, 0.1) is 0 Å². The number of morpholine rings is 1. The molecular formula is C19H31N3O2. The molecule has 1 N–H and O–H groups in total. The first kappa shape index (κ1) is 18.9. The number of amides is 1. The molecule has 0 saturated carbocycles. The van der Waals surface area contributed by atoms with Crippen molar-refractivity contribution in [1.29, 1.82) is 0 Å². The van der Waals surface area contributed by atoms with E-state index in [9.17, 15) is 4.79 Å². The van der Waals surface area contributed by atoms with E-state index in [4.69, 9.17) is 4.74 Å². The normalized spacial score (nSPS) is 17.0. The van der Waals surface area contributed by atoms with Crippen molar-refractivity contribution in [2.75, 3.05) is 45.9 Å². The summed E-state index contributed by atoms with van der Waals surface area (Å²) in [5.74, 6) is 0.113. The van der Waals surface area contributed by atoms with Gasteiger partial charge in [0.05, 0.1) is 19.8 Å². The summed E-state index contributed by atoms with van der Waals surface area (Å²) < 4.78 is 5.43. The number of carbonyl (C=O) groups excluding carboxylic acids is 1. The molecule has 1 aromatic rings. The van der Waals surface area contributed by atoms with Crippen molar-refractivity contribution in [3.05, 3.63) is 35.9 Å². The number of hydrogen-bond donors (Lipinski definition) is 1. The fourth-order valence-electron chi connectivity index (χ4n) is 2.96. The number of nitrogens with zero attached hydrogens (tertiary/aromatic N) is 2. The molecule has 5 heteroatoms. The molecule has 24 heavy (non-hydrogen) atoms. The van der Waals surface area contributed by atoms with Crippen LogP contribution in [-0.4, -0.2) is 67.7 Å². The zero-order valence-corrected chi connectivity index (χ0v) is 15.0. The van der Waals surface area contributed by atoms with Crippen LogP contribution in [0.1, 0.15) is 25.8 Å². The molecule has 2 rings (SSSR count). The summed E-state index contributed by atoms with van der Waals surface area (Å²) in [7, 11) is 0. The zero-order valence-electron chi connectivity index (χ0n) is 15.0. The van der Waals surface area contributed by atoms with Gasteiger partial charge in [0.25, 0.3) is 0 Å². The maximum atomic E-state index is 12.2. The van der Waals surface area contributed by atoms with Crippen molar-refractivity contribution in [3.8, 4) is 0 Å². The largest absolute Gasteiger partial charge is 0.379 e. The van der Waals surface area contributed by atoms with Crippen molar-refractivity contribution in [3.63, 3.8) is 0 Å². The molecular weight excluding hydrogens is 302 g/mol. The Hall–Kier alpha value is -1.43. The van der Waals surface area contributed by atoms with E-state index in [1.165, 1.54) is 5.56 Å². The second-order valence-electron chi connectivity index (χ2n) is 6.50. The third-order valence-corrected chi connectivity index (χ3v) is 4.40. The first-order valence-corrected chi connectivity index (χ1v) is 9.03. The minimum atomic E-state index is 0.113. The Labute approximate surface area is 146 Å². The topological polar surface area (TPSA) is 44.8 Å². The lowest BCUT2D eigenvalue weighted by Gasteiger charge is -2.34. The van der Waals surface area contributed by atoms with Crippen LogP contribution in [0.15, 0.2) is 30.3 Å². The second-order valence-corrected chi connectivity index (χ2v) is 6.50. The van der Waals surface area contributed by atoms with Crippen LogP contribution in [-0.2, 0) is 16.1 Å². The van der Waals surface area contributed by atoms with Gasteiger partial charge in [-0.05, 0) is 18.9 Å². The highest BCUT2D eigenvalue weighted by Gasteiger charge is 2.21. The molecule has 0 aromatic heterocycles. The van der Waals surface area contributed by atoms with Crippen molar-refractivity contribution in [2.45, 2.75) is 32.9 Å². The highest BCUT2D eigenvalue weighted by Crippen LogP contribution is 2.10. The summed E-state index contributed by atoms with van der Waals surface area (Å²) in [6, 6.07) is 10.7. The summed E-state index contributed by atoms with van der Waals surface area (Å²) in [4.78, 5) is 16.9. The maximum Gasteiger partial charge on any atom is 0.234 e. The van der Waals surface area contributed by atoms with Crippen LogP contribution >= 0.6 is 0 Å². The van der Waals surface area contributed by atoms with Gasteiger partial charge in [-0.15, -0.1) is 0 Å². The number of nitrogens with one attached hydrogen (secondary N) is 1. The van der Waals surface area contributed by atoms with Gasteiger partial charge in [-0.25, -0.2) is 0 Å². The number of hydrogen-bond acceptors (Lipinski definition) is 4. The van der Waals surface area contributed by atoms with Crippen LogP contribution in [0.5, 0.6) is 0 Å². The van der Waals surface area contributed by atoms with Crippen LogP contribution in [0.2, 0.25) is 0 Å². The SMILES string of the molecule is CCCNC(=O)CN(Cc1ccccc1)[C@H](C)CN1CCOCC1. The average molecular weight is 333 g/mol. The highest BCUT2D eigenvalue weighted by molar-refractivity contribution is 5.78. The number of rotatable bonds is 9. The Balaban J connectivity index is 1.95. The minimum Gasteiger partial charge on any atom is -0.379 e. The van der Waals surface area contributed by atoms with E-state index in [0.717, 1.165) is 52.4 Å². The van der Waals surface area contributed by atoms with E-state index >= 15 is 0 Å². The number of carbonyl (C=O) groups is 1. The average Bonchev–Trinajstić information content (AvgIpc) is 2.61. The Morgan fingerprint density at radius 1 is 1.29 bits per heavy atom. The molecule has 5 nitrogen and oxygen atoms in total. The van der Waals surface area contributed by atoms with Gasteiger partial charge in [0, 0.05) is 38.8 Å². The van der Waals surface area contributed by atoms with E-state index in [1.54, 1.807) is 0 Å². The molecule has 1 aliphatic heterocycles. The Morgan fingerprint density at radius 2 is 2.00 bits per heavy atom. The third kappa shape index (κ3) is 6.59. The van der Waals surface area contributed by atoms with Crippen molar-refractivity contribution < 1.29 is 9.53 Å². The monoisotopic (exact) mass is 333 g/mol. The molecule has 1 aliphatic rings. The molecule has 1 atom stereocenters. The summed E-state index contributed by atoms with van der Waals surface area (Å²) in [6.45, 7) is 10.8. The van der Waals surface area contributed by atoms with Gasteiger partial charge in [-0.1, -0.05) is 37.3 Å². The van der Waals surface area contributed by atoms with Crippen LogP contribution in [0.4, 0.5) is 0 Å². The van der Waals surface area contributed by atoms with Crippen molar-refractivity contribution in [1.82, 2.24) is 15.1 Å². The predicted molar refractivity (Wildman–Crippen MR) is 96.9 cm³/mol. The fraction of sp³-hybridized carbons (Fsp3) is 0.632. The maximum absolute atomic E-state index is 12.2. The van der Waals surface area contributed by atoms with Crippen molar-refractivity contribution >= 4 is 5.91 Å². The Morgan fingerprint density at radius 3 is 2.67 bits per heavy atom. The smallest absolute Gasteiger partial charge is 0.234 e. The zero-order chi connectivity index (χ0) is 17.2. The van der Waals surface area contributed by atoms with E-state index in [-0.39, 0.29) is 5.91 Å². The summed E-state index contributed by atoms with van der Waals surface area (Å²) in [5.41, 5.74) is 1.25. The van der Waals surface area contributed by atoms with E-state index in [1.807, 2.05) is 6.07 Å². The van der Waals surface area contributed by atoms with Gasteiger partial charge in [0.2, 0.25) is 5.91 Å². The molecule has 1 fully saturated rings. The lowest BCUT2D eigenvalue weighted by molar-refractivity contribution is -0.123. The molecule has 0 spiro atoms. The summed E-state index contributed by atoms with van der Waals surface area (Å²) in [5, 5.41) is 2.99. The van der Waals surface area contributed by atoms with E-state index in [2.05, 4.69) is 53.2 Å². The van der Waals surface area contributed by atoms with Gasteiger partial charge in [0.15, 0.2) is 0 Å². The lowest BCUT2D eigenvalue weighted by Crippen LogP contribution is -2.48. The lowest BCUT2D eigenvalue weighted by atomic mass is 10.1. The Bertz CT molecular complexity index is 475.